The van der Waals surface area contributed by atoms with Crippen LogP contribution in [0.2, 0.25) is 0 Å². The minimum Gasteiger partial charge on any atom is -0.493 e. The zero-order valence-electron chi connectivity index (χ0n) is 17.2. The summed E-state index contributed by atoms with van der Waals surface area (Å²) in [7, 11) is 1.76. The van der Waals surface area contributed by atoms with Crippen molar-refractivity contribution >= 4 is 11.7 Å². The SMILES string of the molecule is CNc1cc(C(=O)N2CCOC(c3cc(CCOc4cccc(F)c4)[nH]n3)C2)ccn1. The van der Waals surface area contributed by atoms with E-state index < -0.39 is 0 Å². The Labute approximate surface area is 179 Å². The molecule has 3 aromatic rings. The maximum atomic E-state index is 13.2. The van der Waals surface area contributed by atoms with E-state index in [4.69, 9.17) is 9.47 Å². The molecule has 1 aliphatic rings. The number of carbonyl (C=O) groups excluding carboxylic acids is 1. The van der Waals surface area contributed by atoms with Crippen molar-refractivity contribution in [1.82, 2.24) is 20.1 Å². The third kappa shape index (κ3) is 5.18. The summed E-state index contributed by atoms with van der Waals surface area (Å²) in [6, 6.07) is 11.4. The summed E-state index contributed by atoms with van der Waals surface area (Å²) < 4.78 is 24.6. The normalized spacial score (nSPS) is 16.2. The fourth-order valence-electron chi connectivity index (χ4n) is 3.40. The number of carbonyl (C=O) groups is 1. The Morgan fingerprint density at radius 2 is 2.26 bits per heavy atom. The molecular weight excluding hydrogens is 401 g/mol. The zero-order valence-corrected chi connectivity index (χ0v) is 17.2. The number of pyridine rings is 1. The third-order valence-corrected chi connectivity index (χ3v) is 5.03. The molecule has 8 nitrogen and oxygen atoms in total. The van der Waals surface area contributed by atoms with E-state index in [0.717, 1.165) is 11.4 Å². The molecule has 1 aliphatic heterocycles. The molecule has 3 heterocycles. The highest BCUT2D eigenvalue weighted by molar-refractivity contribution is 5.94. The minimum absolute atomic E-state index is 0.0635. The lowest BCUT2D eigenvalue weighted by atomic mass is 10.1. The Bertz CT molecular complexity index is 1040. The highest BCUT2D eigenvalue weighted by Gasteiger charge is 2.28. The first-order valence-electron chi connectivity index (χ1n) is 10.1. The molecule has 0 spiro atoms. The topological polar surface area (TPSA) is 92.4 Å². The van der Waals surface area contributed by atoms with E-state index in [2.05, 4.69) is 20.5 Å². The number of H-pyrrole nitrogens is 1. The molecule has 0 aliphatic carbocycles. The predicted octanol–water partition coefficient (Wildman–Crippen LogP) is 2.82. The number of aromatic nitrogens is 3. The van der Waals surface area contributed by atoms with Gasteiger partial charge in [0.15, 0.2) is 0 Å². The van der Waals surface area contributed by atoms with Gasteiger partial charge in [0.1, 0.15) is 23.5 Å². The summed E-state index contributed by atoms with van der Waals surface area (Å²) in [5.74, 6) is 0.741. The number of nitrogens with one attached hydrogen (secondary N) is 2. The largest absolute Gasteiger partial charge is 0.493 e. The zero-order chi connectivity index (χ0) is 21.6. The van der Waals surface area contributed by atoms with Crippen LogP contribution < -0.4 is 10.1 Å². The van der Waals surface area contributed by atoms with E-state index in [0.29, 0.717) is 49.9 Å². The first-order valence-corrected chi connectivity index (χ1v) is 10.1. The van der Waals surface area contributed by atoms with Gasteiger partial charge in [0.25, 0.3) is 5.91 Å². The molecule has 2 N–H and O–H groups in total. The molecule has 1 aromatic carbocycles. The summed E-state index contributed by atoms with van der Waals surface area (Å²) >= 11 is 0. The van der Waals surface area contributed by atoms with Gasteiger partial charge in [-0.05, 0) is 30.3 Å². The second kappa shape index (κ2) is 9.57. The van der Waals surface area contributed by atoms with Crippen molar-refractivity contribution < 1.29 is 18.7 Å². The summed E-state index contributed by atoms with van der Waals surface area (Å²) in [6.07, 6.45) is 1.89. The smallest absolute Gasteiger partial charge is 0.254 e. The molecule has 0 bridgehead atoms. The average molecular weight is 425 g/mol. The van der Waals surface area contributed by atoms with Crippen LogP contribution >= 0.6 is 0 Å². The van der Waals surface area contributed by atoms with Crippen LogP contribution in [0.1, 0.15) is 27.8 Å². The lowest BCUT2D eigenvalue weighted by Gasteiger charge is -2.32. The molecule has 1 unspecified atom stereocenters. The number of halogens is 1. The summed E-state index contributed by atoms with van der Waals surface area (Å²) in [5, 5.41) is 10.3. The fraction of sp³-hybridized carbons (Fsp3) is 0.318. The number of morpholine rings is 1. The van der Waals surface area contributed by atoms with E-state index in [1.54, 1.807) is 42.4 Å². The summed E-state index contributed by atoms with van der Waals surface area (Å²) in [5.41, 5.74) is 2.20. The number of aromatic amines is 1. The van der Waals surface area contributed by atoms with Crippen molar-refractivity contribution in [2.45, 2.75) is 12.5 Å². The monoisotopic (exact) mass is 425 g/mol. The van der Waals surface area contributed by atoms with Gasteiger partial charge in [0.05, 0.1) is 25.5 Å². The standard InChI is InChI=1S/C22H24FN5O3/c1-24-21-11-15(5-7-25-21)22(29)28-8-10-31-20(14-28)19-13-17(26-27-19)6-9-30-18-4-2-3-16(23)12-18/h2-5,7,11-13,20H,6,8-10,14H2,1H3,(H,24,25)(H,26,27). The second-order valence-corrected chi connectivity index (χ2v) is 7.16. The quantitative estimate of drug-likeness (QED) is 0.605. The number of ether oxygens (including phenoxy) is 2. The summed E-state index contributed by atoms with van der Waals surface area (Å²) in [4.78, 5) is 18.8. The molecule has 162 valence electrons. The molecular formula is C22H24FN5O3. The van der Waals surface area contributed by atoms with Gasteiger partial charge in [-0.1, -0.05) is 6.07 Å². The molecule has 0 saturated carbocycles. The molecule has 0 radical (unpaired) electrons. The number of anilines is 1. The Balaban J connectivity index is 1.34. The van der Waals surface area contributed by atoms with Gasteiger partial charge in [-0.2, -0.15) is 5.10 Å². The van der Waals surface area contributed by atoms with Gasteiger partial charge >= 0.3 is 0 Å². The Hall–Kier alpha value is -3.46. The van der Waals surface area contributed by atoms with Crippen molar-refractivity contribution in [3.8, 4) is 5.75 Å². The summed E-state index contributed by atoms with van der Waals surface area (Å²) in [6.45, 7) is 1.76. The third-order valence-electron chi connectivity index (χ3n) is 5.03. The van der Waals surface area contributed by atoms with Crippen LogP contribution in [0, 0.1) is 5.82 Å². The number of hydrogen-bond donors (Lipinski definition) is 2. The second-order valence-electron chi connectivity index (χ2n) is 7.16. The Morgan fingerprint density at radius 3 is 3.10 bits per heavy atom. The van der Waals surface area contributed by atoms with Crippen molar-refractivity contribution in [3.63, 3.8) is 0 Å². The predicted molar refractivity (Wildman–Crippen MR) is 113 cm³/mol. The molecule has 31 heavy (non-hydrogen) atoms. The number of nitrogens with zero attached hydrogens (tertiary/aromatic N) is 3. The van der Waals surface area contributed by atoms with Gasteiger partial charge in [-0.3, -0.25) is 9.89 Å². The average Bonchev–Trinajstić information content (AvgIpc) is 3.28. The van der Waals surface area contributed by atoms with E-state index in [1.165, 1.54) is 12.1 Å². The van der Waals surface area contributed by atoms with Gasteiger partial charge in [-0.15, -0.1) is 0 Å². The van der Waals surface area contributed by atoms with Crippen LogP contribution in [-0.2, 0) is 11.2 Å². The molecule has 1 atom stereocenters. The molecule has 1 saturated heterocycles. The maximum absolute atomic E-state index is 13.2. The van der Waals surface area contributed by atoms with Crippen molar-refractivity contribution in [2.24, 2.45) is 0 Å². The van der Waals surface area contributed by atoms with Crippen molar-refractivity contribution in [1.29, 1.82) is 0 Å². The highest BCUT2D eigenvalue weighted by atomic mass is 19.1. The lowest BCUT2D eigenvalue weighted by molar-refractivity contribution is -0.0247. The van der Waals surface area contributed by atoms with Crippen LogP contribution in [0.25, 0.3) is 0 Å². The lowest BCUT2D eigenvalue weighted by Crippen LogP contribution is -2.42. The van der Waals surface area contributed by atoms with Crippen LogP contribution in [0.4, 0.5) is 10.2 Å². The highest BCUT2D eigenvalue weighted by Crippen LogP contribution is 2.23. The van der Waals surface area contributed by atoms with Gasteiger partial charge in [-0.25, -0.2) is 9.37 Å². The molecule has 9 heteroatoms. The number of hydrogen-bond acceptors (Lipinski definition) is 6. The number of amides is 1. The fourth-order valence-corrected chi connectivity index (χ4v) is 3.40. The Morgan fingerprint density at radius 1 is 1.35 bits per heavy atom. The first-order chi connectivity index (χ1) is 15.1. The van der Waals surface area contributed by atoms with Gasteiger partial charge in [0.2, 0.25) is 0 Å². The minimum atomic E-state index is -0.330. The van der Waals surface area contributed by atoms with Crippen LogP contribution in [0.15, 0.2) is 48.7 Å². The van der Waals surface area contributed by atoms with Gasteiger partial charge in [0, 0.05) is 43.5 Å². The number of rotatable bonds is 7. The van der Waals surface area contributed by atoms with E-state index >= 15 is 0 Å². The molecule has 1 fully saturated rings. The Kier molecular flexibility index (Phi) is 6.42. The van der Waals surface area contributed by atoms with Crippen LogP contribution in [0.5, 0.6) is 5.75 Å². The van der Waals surface area contributed by atoms with Gasteiger partial charge < -0.3 is 19.7 Å². The van der Waals surface area contributed by atoms with Crippen LogP contribution in [0.3, 0.4) is 0 Å². The van der Waals surface area contributed by atoms with E-state index in [-0.39, 0.29) is 17.8 Å². The molecule has 2 aromatic heterocycles. The molecule has 4 rings (SSSR count). The molecule has 1 amide bonds. The van der Waals surface area contributed by atoms with Crippen LogP contribution in [-0.4, -0.2) is 59.3 Å². The van der Waals surface area contributed by atoms with Crippen molar-refractivity contribution in [3.05, 3.63) is 71.4 Å². The van der Waals surface area contributed by atoms with Crippen molar-refractivity contribution in [2.75, 3.05) is 38.7 Å². The van der Waals surface area contributed by atoms with E-state index in [1.807, 2.05) is 6.07 Å². The number of benzene rings is 1. The first kappa shape index (κ1) is 20.8. The maximum Gasteiger partial charge on any atom is 0.254 e. The van der Waals surface area contributed by atoms with E-state index in [9.17, 15) is 9.18 Å².